The Balaban J connectivity index is 3.12. The van der Waals surface area contributed by atoms with E-state index >= 15 is 0 Å². The number of allylic oxidation sites excluding steroid dienone is 4. The lowest BCUT2D eigenvalue weighted by Gasteiger charge is -2.04. The molecular formula is C12H19BN2O2. The van der Waals surface area contributed by atoms with Gasteiger partial charge in [0.1, 0.15) is 0 Å². The van der Waals surface area contributed by atoms with Crippen LogP contribution < -0.4 is 5.59 Å². The fourth-order valence-corrected chi connectivity index (χ4v) is 1.78. The average molecular weight is 234 g/mol. The van der Waals surface area contributed by atoms with E-state index in [-0.39, 0.29) is 0 Å². The van der Waals surface area contributed by atoms with E-state index in [1.54, 1.807) is 11.7 Å². The van der Waals surface area contributed by atoms with Crippen LogP contribution in [-0.2, 0) is 13.5 Å². The minimum atomic E-state index is -1.52. The van der Waals surface area contributed by atoms with Crippen LogP contribution in [0.4, 0.5) is 0 Å². The molecule has 0 spiro atoms. The smallest absolute Gasteiger partial charge is 0.422 e. The van der Waals surface area contributed by atoms with Crippen molar-refractivity contribution < 1.29 is 10.0 Å². The largest absolute Gasteiger partial charge is 0.510 e. The molecular weight excluding hydrogens is 215 g/mol. The van der Waals surface area contributed by atoms with E-state index in [1.807, 2.05) is 39.0 Å². The molecule has 2 N–H and O–H groups in total. The van der Waals surface area contributed by atoms with Crippen molar-refractivity contribution in [3.05, 3.63) is 35.1 Å². The lowest BCUT2D eigenvalue weighted by Crippen LogP contribution is -2.34. The van der Waals surface area contributed by atoms with Crippen molar-refractivity contribution in [2.45, 2.75) is 27.2 Å². The van der Waals surface area contributed by atoms with E-state index in [4.69, 9.17) is 0 Å². The SMILES string of the molecule is C/C=C\C(=C/C)Cc1c(B(O)O)nn(C)c1C. The number of nitrogens with zero attached hydrogens (tertiary/aromatic N) is 2. The fourth-order valence-electron chi connectivity index (χ4n) is 1.78. The van der Waals surface area contributed by atoms with E-state index in [2.05, 4.69) is 5.10 Å². The van der Waals surface area contributed by atoms with Crippen molar-refractivity contribution >= 4 is 12.7 Å². The molecule has 1 aromatic heterocycles. The number of aryl methyl sites for hydroxylation is 1. The molecule has 5 heteroatoms. The summed E-state index contributed by atoms with van der Waals surface area (Å²) in [6, 6.07) is 0. The van der Waals surface area contributed by atoms with Crippen LogP contribution in [-0.4, -0.2) is 26.9 Å². The molecule has 4 nitrogen and oxygen atoms in total. The molecule has 0 fully saturated rings. The average Bonchev–Trinajstić information content (AvgIpc) is 2.56. The molecule has 0 saturated heterocycles. The molecule has 1 rings (SSSR count). The van der Waals surface area contributed by atoms with Crippen molar-refractivity contribution in [2.75, 3.05) is 0 Å². The van der Waals surface area contributed by atoms with Crippen molar-refractivity contribution in [3.8, 4) is 0 Å². The van der Waals surface area contributed by atoms with E-state index in [9.17, 15) is 10.0 Å². The third-order valence-corrected chi connectivity index (χ3v) is 2.87. The molecule has 0 aromatic carbocycles. The van der Waals surface area contributed by atoms with Crippen LogP contribution in [0, 0.1) is 6.92 Å². The molecule has 0 unspecified atom stereocenters. The number of hydrogen-bond donors (Lipinski definition) is 2. The predicted molar refractivity (Wildman–Crippen MR) is 70.0 cm³/mol. The Hall–Kier alpha value is -1.33. The number of hydrogen-bond acceptors (Lipinski definition) is 3. The van der Waals surface area contributed by atoms with Crippen LogP contribution in [0.5, 0.6) is 0 Å². The van der Waals surface area contributed by atoms with Crippen molar-refractivity contribution in [2.24, 2.45) is 7.05 Å². The molecule has 0 atom stereocenters. The first-order chi connectivity index (χ1) is 8.01. The molecule has 0 bridgehead atoms. The highest BCUT2D eigenvalue weighted by Gasteiger charge is 2.23. The summed E-state index contributed by atoms with van der Waals surface area (Å²) in [5.74, 6) is 0. The standard InChI is InChI=1S/C12H19BN2O2/c1-5-7-10(6-2)8-11-9(3)15(4)14-12(11)13(16)17/h5-7,16-17H,8H2,1-4H3/b7-5-,10-6+. The topological polar surface area (TPSA) is 58.3 Å². The van der Waals surface area contributed by atoms with E-state index in [0.29, 0.717) is 12.0 Å². The van der Waals surface area contributed by atoms with Gasteiger partial charge in [0.15, 0.2) is 0 Å². The lowest BCUT2D eigenvalue weighted by atomic mass is 9.81. The van der Waals surface area contributed by atoms with Crippen LogP contribution in [0.15, 0.2) is 23.8 Å². The molecule has 0 aliphatic rings. The number of rotatable bonds is 4. The normalized spacial score (nSPS) is 12.5. The first kappa shape index (κ1) is 13.7. The Morgan fingerprint density at radius 2 is 2.06 bits per heavy atom. The predicted octanol–water partition coefficient (Wildman–Crippen LogP) is 0.473. The maximum atomic E-state index is 9.30. The molecule has 0 aliphatic carbocycles. The van der Waals surface area contributed by atoms with Crippen LogP contribution in [0.1, 0.15) is 25.1 Å². The minimum Gasteiger partial charge on any atom is -0.422 e. The van der Waals surface area contributed by atoms with Gasteiger partial charge in [-0.05, 0) is 31.9 Å². The molecule has 0 amide bonds. The van der Waals surface area contributed by atoms with Gasteiger partial charge in [-0.1, -0.05) is 18.2 Å². The third-order valence-electron chi connectivity index (χ3n) is 2.87. The van der Waals surface area contributed by atoms with Gasteiger partial charge in [0.2, 0.25) is 0 Å². The second-order valence-corrected chi connectivity index (χ2v) is 3.99. The van der Waals surface area contributed by atoms with Crippen molar-refractivity contribution in [1.82, 2.24) is 9.78 Å². The molecule has 1 heterocycles. The Morgan fingerprint density at radius 3 is 2.53 bits per heavy atom. The Morgan fingerprint density at radius 1 is 1.41 bits per heavy atom. The zero-order valence-electron chi connectivity index (χ0n) is 10.8. The molecule has 92 valence electrons. The zero-order chi connectivity index (χ0) is 13.0. The highest BCUT2D eigenvalue weighted by Crippen LogP contribution is 2.12. The fraction of sp³-hybridized carbons (Fsp3) is 0.417. The molecule has 0 saturated carbocycles. The van der Waals surface area contributed by atoms with E-state index in [0.717, 1.165) is 16.8 Å². The van der Waals surface area contributed by atoms with Crippen LogP contribution in [0.2, 0.25) is 0 Å². The van der Waals surface area contributed by atoms with Gasteiger partial charge in [0.25, 0.3) is 0 Å². The molecule has 17 heavy (non-hydrogen) atoms. The summed E-state index contributed by atoms with van der Waals surface area (Å²) in [5, 5.41) is 22.7. The Bertz CT molecular complexity index is 448. The highest BCUT2D eigenvalue weighted by molar-refractivity contribution is 6.58. The van der Waals surface area contributed by atoms with Crippen LogP contribution in [0.25, 0.3) is 0 Å². The van der Waals surface area contributed by atoms with Crippen molar-refractivity contribution in [1.29, 1.82) is 0 Å². The summed E-state index contributed by atoms with van der Waals surface area (Å²) in [6.45, 7) is 5.86. The van der Waals surface area contributed by atoms with Gasteiger partial charge in [-0.3, -0.25) is 4.68 Å². The summed E-state index contributed by atoms with van der Waals surface area (Å²) in [7, 11) is 0.281. The minimum absolute atomic E-state index is 0.342. The van der Waals surface area contributed by atoms with Crippen LogP contribution in [0.3, 0.4) is 0 Å². The molecule has 1 aromatic rings. The highest BCUT2D eigenvalue weighted by atomic mass is 16.4. The quantitative estimate of drug-likeness (QED) is 0.588. The Kier molecular flexibility index (Phi) is 4.72. The number of aromatic nitrogens is 2. The Labute approximate surface area is 102 Å². The van der Waals surface area contributed by atoms with Gasteiger partial charge < -0.3 is 10.0 Å². The first-order valence-electron chi connectivity index (χ1n) is 5.67. The van der Waals surface area contributed by atoms with Crippen molar-refractivity contribution in [3.63, 3.8) is 0 Å². The maximum Gasteiger partial charge on any atom is 0.510 e. The summed E-state index contributed by atoms with van der Waals surface area (Å²) in [4.78, 5) is 0. The van der Waals surface area contributed by atoms with Gasteiger partial charge in [0, 0.05) is 19.2 Å². The van der Waals surface area contributed by atoms with E-state index < -0.39 is 7.12 Å². The van der Waals surface area contributed by atoms with Gasteiger partial charge in [-0.15, -0.1) is 0 Å². The van der Waals surface area contributed by atoms with Gasteiger partial charge in [0.05, 0.1) is 5.59 Å². The second-order valence-electron chi connectivity index (χ2n) is 3.99. The van der Waals surface area contributed by atoms with Gasteiger partial charge in [-0.2, -0.15) is 5.10 Å². The van der Waals surface area contributed by atoms with Crippen LogP contribution >= 0.6 is 0 Å². The second kappa shape index (κ2) is 5.84. The third kappa shape index (κ3) is 3.08. The first-order valence-corrected chi connectivity index (χ1v) is 5.67. The summed E-state index contributed by atoms with van der Waals surface area (Å²) in [5.41, 5.74) is 3.31. The van der Waals surface area contributed by atoms with Gasteiger partial charge >= 0.3 is 7.12 Å². The summed E-state index contributed by atoms with van der Waals surface area (Å²) >= 11 is 0. The lowest BCUT2D eigenvalue weighted by molar-refractivity contribution is 0.423. The van der Waals surface area contributed by atoms with Gasteiger partial charge in [-0.25, -0.2) is 0 Å². The molecule has 0 aliphatic heterocycles. The molecule has 0 radical (unpaired) electrons. The summed E-state index contributed by atoms with van der Waals surface area (Å²) < 4.78 is 1.67. The summed E-state index contributed by atoms with van der Waals surface area (Å²) in [6.07, 6.45) is 6.66. The monoisotopic (exact) mass is 234 g/mol. The maximum absolute atomic E-state index is 9.30. The van der Waals surface area contributed by atoms with E-state index in [1.165, 1.54) is 0 Å². The zero-order valence-corrected chi connectivity index (χ0v) is 10.8.